The van der Waals surface area contributed by atoms with Gasteiger partial charge in [0.2, 0.25) is 5.91 Å². The van der Waals surface area contributed by atoms with E-state index in [2.05, 4.69) is 10.3 Å². The summed E-state index contributed by atoms with van der Waals surface area (Å²) in [5.41, 5.74) is 1.57. The van der Waals surface area contributed by atoms with E-state index in [1.807, 2.05) is 60.7 Å². The fourth-order valence-corrected chi connectivity index (χ4v) is 2.99. The monoisotopic (exact) mass is 351 g/mol. The van der Waals surface area contributed by atoms with Crippen LogP contribution >= 0.6 is 11.8 Å². The number of benzene rings is 2. The molecule has 0 spiro atoms. The molecule has 0 fully saturated rings. The molecule has 126 valence electrons. The maximum Gasteiger partial charge on any atom is 0.287 e. The summed E-state index contributed by atoms with van der Waals surface area (Å²) in [7, 11) is 0. The van der Waals surface area contributed by atoms with E-state index in [0.29, 0.717) is 11.6 Å². The minimum Gasteiger partial charge on any atom is -0.351 e. The molecule has 25 heavy (non-hydrogen) atoms. The maximum absolute atomic E-state index is 12.5. The van der Waals surface area contributed by atoms with E-state index in [1.54, 1.807) is 12.4 Å². The first-order chi connectivity index (χ1) is 12.2. The molecule has 1 N–H and O–H groups in total. The molecule has 1 heterocycles. The summed E-state index contributed by atoms with van der Waals surface area (Å²) >= 11 is 1.14. The SMILES string of the molecule is O=C(CSc1nccn(-c2ccccc2)c1=O)NCc1ccccc1. The van der Waals surface area contributed by atoms with Crippen LogP contribution in [0.4, 0.5) is 0 Å². The lowest BCUT2D eigenvalue weighted by molar-refractivity contribution is -0.118. The van der Waals surface area contributed by atoms with Gasteiger partial charge in [0.15, 0.2) is 5.03 Å². The molecule has 6 heteroatoms. The minimum absolute atomic E-state index is 0.134. The number of rotatable bonds is 6. The van der Waals surface area contributed by atoms with Crippen LogP contribution in [0.5, 0.6) is 0 Å². The third-order valence-electron chi connectivity index (χ3n) is 3.52. The van der Waals surface area contributed by atoms with Crippen molar-refractivity contribution >= 4 is 17.7 Å². The Bertz CT molecular complexity index is 895. The van der Waals surface area contributed by atoms with Gasteiger partial charge < -0.3 is 5.32 Å². The van der Waals surface area contributed by atoms with E-state index in [-0.39, 0.29) is 17.2 Å². The maximum atomic E-state index is 12.5. The van der Waals surface area contributed by atoms with Gasteiger partial charge in [0.1, 0.15) is 0 Å². The van der Waals surface area contributed by atoms with Crippen LogP contribution in [0.1, 0.15) is 5.56 Å². The van der Waals surface area contributed by atoms with Crippen LogP contribution in [0.15, 0.2) is 82.9 Å². The number of hydrogen-bond donors (Lipinski definition) is 1. The predicted molar refractivity (Wildman–Crippen MR) is 98.8 cm³/mol. The average molecular weight is 351 g/mol. The normalized spacial score (nSPS) is 10.4. The molecule has 0 atom stereocenters. The zero-order valence-electron chi connectivity index (χ0n) is 13.5. The first-order valence-electron chi connectivity index (χ1n) is 7.80. The quantitative estimate of drug-likeness (QED) is 0.694. The van der Waals surface area contributed by atoms with Gasteiger partial charge in [-0.25, -0.2) is 4.98 Å². The largest absolute Gasteiger partial charge is 0.351 e. The molecule has 5 nitrogen and oxygen atoms in total. The van der Waals surface area contributed by atoms with Gasteiger partial charge in [-0.1, -0.05) is 60.3 Å². The molecule has 0 saturated carbocycles. The van der Waals surface area contributed by atoms with Crippen molar-refractivity contribution in [2.45, 2.75) is 11.6 Å². The molecule has 0 aliphatic carbocycles. The number of para-hydroxylation sites is 1. The van der Waals surface area contributed by atoms with Crippen LogP contribution in [-0.4, -0.2) is 21.2 Å². The molecule has 0 unspecified atom stereocenters. The Morgan fingerprint density at radius 1 is 1.04 bits per heavy atom. The first kappa shape index (κ1) is 17.0. The number of carbonyl (C=O) groups is 1. The summed E-state index contributed by atoms with van der Waals surface area (Å²) in [4.78, 5) is 28.6. The smallest absolute Gasteiger partial charge is 0.287 e. The van der Waals surface area contributed by atoms with Gasteiger partial charge in [-0.3, -0.25) is 14.2 Å². The molecule has 2 aromatic carbocycles. The standard InChI is InChI=1S/C19H17N3O2S/c23-17(21-13-15-7-3-1-4-8-15)14-25-18-19(24)22(12-11-20-18)16-9-5-2-6-10-16/h1-12H,13-14H2,(H,21,23). The van der Waals surface area contributed by atoms with Crippen molar-refractivity contribution in [2.24, 2.45) is 0 Å². The Hall–Kier alpha value is -2.86. The summed E-state index contributed by atoms with van der Waals surface area (Å²) in [6.45, 7) is 0.469. The van der Waals surface area contributed by atoms with Crippen molar-refractivity contribution < 1.29 is 4.79 Å². The molecular formula is C19H17N3O2S. The molecular weight excluding hydrogens is 334 g/mol. The van der Waals surface area contributed by atoms with Crippen LogP contribution in [0.25, 0.3) is 5.69 Å². The molecule has 0 radical (unpaired) electrons. The number of thioether (sulfide) groups is 1. The molecule has 3 rings (SSSR count). The fourth-order valence-electron chi connectivity index (χ4n) is 2.27. The Kier molecular flexibility index (Phi) is 5.64. The van der Waals surface area contributed by atoms with E-state index in [0.717, 1.165) is 23.0 Å². The van der Waals surface area contributed by atoms with Crippen molar-refractivity contribution in [1.82, 2.24) is 14.9 Å². The van der Waals surface area contributed by atoms with E-state index < -0.39 is 0 Å². The molecule has 0 aliphatic rings. The summed E-state index contributed by atoms with van der Waals surface area (Å²) in [6.07, 6.45) is 3.19. The molecule has 0 bridgehead atoms. The van der Waals surface area contributed by atoms with E-state index in [4.69, 9.17) is 0 Å². The number of amides is 1. The third-order valence-corrected chi connectivity index (χ3v) is 4.48. The number of nitrogens with one attached hydrogen (secondary N) is 1. The summed E-state index contributed by atoms with van der Waals surface area (Å²) in [6, 6.07) is 19.0. The summed E-state index contributed by atoms with van der Waals surface area (Å²) in [5.74, 6) is 0.0126. The lowest BCUT2D eigenvalue weighted by Crippen LogP contribution is -2.26. The summed E-state index contributed by atoms with van der Waals surface area (Å²) < 4.78 is 1.53. The number of hydrogen-bond acceptors (Lipinski definition) is 4. The van der Waals surface area contributed by atoms with Gasteiger partial charge in [-0.05, 0) is 17.7 Å². The molecule has 0 aliphatic heterocycles. The lowest BCUT2D eigenvalue weighted by atomic mass is 10.2. The highest BCUT2D eigenvalue weighted by molar-refractivity contribution is 7.99. The van der Waals surface area contributed by atoms with Gasteiger partial charge in [-0.15, -0.1) is 0 Å². The third kappa shape index (κ3) is 4.58. The zero-order valence-corrected chi connectivity index (χ0v) is 14.3. The van der Waals surface area contributed by atoms with Crippen LogP contribution in [0.2, 0.25) is 0 Å². The molecule has 1 aromatic heterocycles. The Labute approximate surface area is 149 Å². The Morgan fingerprint density at radius 2 is 1.72 bits per heavy atom. The first-order valence-corrected chi connectivity index (χ1v) is 8.79. The van der Waals surface area contributed by atoms with Crippen molar-refractivity contribution in [2.75, 3.05) is 5.75 Å². The minimum atomic E-state index is -0.227. The van der Waals surface area contributed by atoms with Crippen LogP contribution in [0, 0.1) is 0 Å². The Balaban J connectivity index is 1.62. The van der Waals surface area contributed by atoms with Crippen LogP contribution in [0.3, 0.4) is 0 Å². The van der Waals surface area contributed by atoms with Gasteiger partial charge in [0, 0.05) is 24.6 Å². The molecule has 1 amide bonds. The molecule has 0 saturated heterocycles. The highest BCUT2D eigenvalue weighted by Crippen LogP contribution is 2.11. The number of carbonyl (C=O) groups excluding carboxylic acids is 1. The van der Waals surface area contributed by atoms with Crippen LogP contribution in [-0.2, 0) is 11.3 Å². The topological polar surface area (TPSA) is 64.0 Å². The van der Waals surface area contributed by atoms with E-state index >= 15 is 0 Å². The van der Waals surface area contributed by atoms with Crippen molar-refractivity contribution in [3.8, 4) is 5.69 Å². The van der Waals surface area contributed by atoms with Gasteiger partial charge in [0.05, 0.1) is 5.75 Å². The second-order valence-electron chi connectivity index (χ2n) is 5.29. The van der Waals surface area contributed by atoms with Crippen molar-refractivity contribution in [3.05, 3.63) is 89.0 Å². The fraction of sp³-hybridized carbons (Fsp3) is 0.105. The predicted octanol–water partition coefficient (Wildman–Crippen LogP) is 2.64. The number of nitrogens with zero attached hydrogens (tertiary/aromatic N) is 2. The zero-order chi connectivity index (χ0) is 17.5. The van der Waals surface area contributed by atoms with Crippen LogP contribution < -0.4 is 10.9 Å². The van der Waals surface area contributed by atoms with Gasteiger partial charge >= 0.3 is 0 Å². The van der Waals surface area contributed by atoms with E-state index in [1.165, 1.54) is 4.57 Å². The van der Waals surface area contributed by atoms with Gasteiger partial charge in [-0.2, -0.15) is 0 Å². The number of aromatic nitrogens is 2. The second-order valence-corrected chi connectivity index (χ2v) is 6.26. The second kappa shape index (κ2) is 8.30. The highest BCUT2D eigenvalue weighted by atomic mass is 32.2. The van der Waals surface area contributed by atoms with Crippen molar-refractivity contribution in [1.29, 1.82) is 0 Å². The molecule has 3 aromatic rings. The average Bonchev–Trinajstić information content (AvgIpc) is 2.67. The lowest BCUT2D eigenvalue weighted by Gasteiger charge is -2.07. The Morgan fingerprint density at radius 3 is 2.44 bits per heavy atom. The van der Waals surface area contributed by atoms with Gasteiger partial charge in [0.25, 0.3) is 5.56 Å². The van der Waals surface area contributed by atoms with Crippen molar-refractivity contribution in [3.63, 3.8) is 0 Å². The van der Waals surface area contributed by atoms with E-state index in [9.17, 15) is 9.59 Å². The summed E-state index contributed by atoms with van der Waals surface area (Å²) in [5, 5.41) is 3.15. The highest BCUT2D eigenvalue weighted by Gasteiger charge is 2.09.